The number of likely N-dealkylation sites (tertiary alicyclic amines) is 1. The van der Waals surface area contributed by atoms with E-state index in [0.29, 0.717) is 0 Å². The number of hydrogen-bond acceptors (Lipinski definition) is 8. The van der Waals surface area contributed by atoms with Gasteiger partial charge in [0.2, 0.25) is 17.7 Å². The van der Waals surface area contributed by atoms with Crippen LogP contribution < -0.4 is 10.6 Å². The third-order valence-electron chi connectivity index (χ3n) is 6.42. The van der Waals surface area contributed by atoms with Gasteiger partial charge in [0.25, 0.3) is 0 Å². The minimum atomic E-state index is -0.892. The number of hydrogen-bond donors (Lipinski definition) is 4. The van der Waals surface area contributed by atoms with Gasteiger partial charge in [0.1, 0.15) is 12.1 Å². The second kappa shape index (κ2) is 13.3. The molecule has 3 rings (SSSR count). The second-order valence-electron chi connectivity index (χ2n) is 10.5. The van der Waals surface area contributed by atoms with E-state index in [4.69, 9.17) is 9.84 Å². The van der Waals surface area contributed by atoms with E-state index in [-0.39, 0.29) is 57.6 Å². The van der Waals surface area contributed by atoms with Crippen molar-refractivity contribution in [3.8, 4) is 10.4 Å². The molecule has 2 heterocycles. The van der Waals surface area contributed by atoms with Gasteiger partial charge in [-0.15, -0.1) is 11.3 Å². The molecular formula is C27H38N4O6S. The number of aryl methyl sites for hydroxylation is 1. The maximum atomic E-state index is 13.6. The van der Waals surface area contributed by atoms with Gasteiger partial charge in [0.05, 0.1) is 42.0 Å². The number of carbonyl (C=O) groups is 3. The van der Waals surface area contributed by atoms with Crippen LogP contribution in [0.3, 0.4) is 0 Å². The van der Waals surface area contributed by atoms with Gasteiger partial charge in [-0.3, -0.25) is 14.4 Å². The summed E-state index contributed by atoms with van der Waals surface area (Å²) in [5, 5.41) is 24.8. The third-order valence-corrected chi connectivity index (χ3v) is 7.40. The highest BCUT2D eigenvalue weighted by Crippen LogP contribution is 2.28. The Morgan fingerprint density at radius 3 is 2.53 bits per heavy atom. The molecule has 1 aromatic heterocycles. The number of nitrogens with zero attached hydrogens (tertiary/aromatic N) is 2. The number of aliphatic hydroxyl groups excluding tert-OH is 2. The summed E-state index contributed by atoms with van der Waals surface area (Å²) in [5.74, 6) is -1.13. The molecular weight excluding hydrogens is 508 g/mol. The van der Waals surface area contributed by atoms with Gasteiger partial charge in [0, 0.05) is 25.9 Å². The maximum absolute atomic E-state index is 13.6. The van der Waals surface area contributed by atoms with Gasteiger partial charge in [-0.2, -0.15) is 0 Å². The number of benzene rings is 1. The minimum absolute atomic E-state index is 0.0158. The van der Waals surface area contributed by atoms with Crippen molar-refractivity contribution < 1.29 is 29.3 Å². The first-order valence-corrected chi connectivity index (χ1v) is 13.6. The number of ether oxygens (including phenoxy) is 1. The van der Waals surface area contributed by atoms with Crippen LogP contribution in [-0.4, -0.2) is 82.4 Å². The molecule has 0 saturated carbocycles. The smallest absolute Gasteiger partial charge is 0.246 e. The Morgan fingerprint density at radius 2 is 1.92 bits per heavy atom. The fourth-order valence-electron chi connectivity index (χ4n) is 4.34. The quantitative estimate of drug-likeness (QED) is 0.314. The first-order valence-electron chi connectivity index (χ1n) is 12.7. The van der Waals surface area contributed by atoms with E-state index in [2.05, 4.69) is 15.6 Å². The van der Waals surface area contributed by atoms with Crippen LogP contribution in [0.2, 0.25) is 0 Å². The number of carbonyl (C=O) groups excluding carboxylic acids is 3. The molecule has 0 radical (unpaired) electrons. The zero-order valence-corrected chi connectivity index (χ0v) is 23.2. The van der Waals surface area contributed by atoms with E-state index in [0.717, 1.165) is 21.7 Å². The molecule has 0 unspecified atom stereocenters. The largest absolute Gasteiger partial charge is 0.394 e. The molecule has 1 saturated heterocycles. The molecule has 4 N–H and O–H groups in total. The summed E-state index contributed by atoms with van der Waals surface area (Å²) in [6, 6.07) is 6.13. The number of rotatable bonds is 11. The van der Waals surface area contributed by atoms with Crippen molar-refractivity contribution in [2.75, 3.05) is 26.4 Å². The fourth-order valence-corrected chi connectivity index (χ4v) is 5.16. The van der Waals surface area contributed by atoms with Crippen LogP contribution in [0.25, 0.3) is 10.4 Å². The predicted molar refractivity (Wildman–Crippen MR) is 144 cm³/mol. The van der Waals surface area contributed by atoms with E-state index < -0.39 is 29.5 Å². The third kappa shape index (κ3) is 7.83. The number of aliphatic hydroxyl groups is 2. The highest BCUT2D eigenvalue weighted by molar-refractivity contribution is 7.13. The molecule has 0 spiro atoms. The molecule has 1 aromatic carbocycles. The molecule has 0 bridgehead atoms. The normalized spacial score (nSPS) is 18.3. The van der Waals surface area contributed by atoms with Crippen LogP contribution in [0.4, 0.5) is 0 Å². The molecule has 2 aromatic rings. The van der Waals surface area contributed by atoms with Crippen molar-refractivity contribution in [3.63, 3.8) is 0 Å². The summed E-state index contributed by atoms with van der Waals surface area (Å²) in [6.07, 6.45) is -0.672. The maximum Gasteiger partial charge on any atom is 0.246 e. The summed E-state index contributed by atoms with van der Waals surface area (Å²) in [7, 11) is 0. The highest BCUT2D eigenvalue weighted by Gasteiger charge is 2.44. The van der Waals surface area contributed by atoms with Crippen molar-refractivity contribution in [1.29, 1.82) is 0 Å². The molecule has 3 atom stereocenters. The number of nitrogens with one attached hydrogen (secondary N) is 2. The first kappa shape index (κ1) is 29.7. The van der Waals surface area contributed by atoms with Crippen LogP contribution in [0.5, 0.6) is 0 Å². The van der Waals surface area contributed by atoms with Crippen molar-refractivity contribution >= 4 is 29.1 Å². The number of β-amino-alcohol motifs (C(OH)–C–C–N with tert-alkyl or cyclic N) is 1. The van der Waals surface area contributed by atoms with Crippen LogP contribution in [0, 0.1) is 12.3 Å². The lowest BCUT2D eigenvalue weighted by atomic mass is 9.85. The lowest BCUT2D eigenvalue weighted by Gasteiger charge is -2.35. The van der Waals surface area contributed by atoms with E-state index in [1.807, 2.05) is 57.5 Å². The Bertz CT molecular complexity index is 1100. The van der Waals surface area contributed by atoms with Crippen molar-refractivity contribution in [2.24, 2.45) is 5.41 Å². The zero-order valence-electron chi connectivity index (χ0n) is 22.4. The summed E-state index contributed by atoms with van der Waals surface area (Å²) in [6.45, 7) is 7.87. The predicted octanol–water partition coefficient (Wildman–Crippen LogP) is 1.63. The van der Waals surface area contributed by atoms with E-state index in [1.54, 1.807) is 11.3 Å². The topological polar surface area (TPSA) is 141 Å². The van der Waals surface area contributed by atoms with Gasteiger partial charge < -0.3 is 30.5 Å². The average Bonchev–Trinajstić information content (AvgIpc) is 3.48. The van der Waals surface area contributed by atoms with Gasteiger partial charge >= 0.3 is 0 Å². The molecule has 38 heavy (non-hydrogen) atoms. The van der Waals surface area contributed by atoms with Crippen LogP contribution >= 0.6 is 11.3 Å². The van der Waals surface area contributed by atoms with E-state index >= 15 is 0 Å². The monoisotopic (exact) mass is 546 g/mol. The number of thiazole rings is 1. The molecule has 3 amide bonds. The molecule has 208 valence electrons. The number of amides is 3. The highest BCUT2D eigenvalue weighted by atomic mass is 32.1. The standard InChI is InChI=1S/C27H38N4O6S/c1-17-23(38-16-29-17)19-7-5-18(6-8-19)14-28-25(35)21-13-20(33)15-31(21)26(36)24(27(2,3)4)30-22(34)9-11-37-12-10-32/h5-8,16,20-21,24,32-33H,9-15H2,1-4H3,(H,28,35)(H,30,34)/t20-,21+,24-/m1/s1. The van der Waals surface area contributed by atoms with Crippen molar-refractivity contribution in [3.05, 3.63) is 41.0 Å². The lowest BCUT2D eigenvalue weighted by molar-refractivity contribution is -0.144. The minimum Gasteiger partial charge on any atom is -0.394 e. The van der Waals surface area contributed by atoms with Gasteiger partial charge in [-0.05, 0) is 23.5 Å². The van der Waals surface area contributed by atoms with Crippen LogP contribution in [0.15, 0.2) is 29.8 Å². The van der Waals surface area contributed by atoms with Crippen LogP contribution in [-0.2, 0) is 25.7 Å². The summed E-state index contributed by atoms with van der Waals surface area (Å²) >= 11 is 1.58. The number of aromatic nitrogens is 1. The molecule has 1 aliphatic heterocycles. The van der Waals surface area contributed by atoms with Crippen molar-refractivity contribution in [1.82, 2.24) is 20.5 Å². The van der Waals surface area contributed by atoms with Gasteiger partial charge in [-0.25, -0.2) is 4.98 Å². The molecule has 0 aliphatic carbocycles. The van der Waals surface area contributed by atoms with E-state index in [9.17, 15) is 19.5 Å². The van der Waals surface area contributed by atoms with E-state index in [1.165, 1.54) is 4.90 Å². The summed E-state index contributed by atoms with van der Waals surface area (Å²) < 4.78 is 5.14. The molecule has 11 heteroatoms. The zero-order chi connectivity index (χ0) is 27.9. The Balaban J connectivity index is 1.63. The Labute approximate surface area is 227 Å². The lowest BCUT2D eigenvalue weighted by Crippen LogP contribution is -2.57. The first-order chi connectivity index (χ1) is 18.0. The van der Waals surface area contributed by atoms with Gasteiger partial charge in [-0.1, -0.05) is 45.0 Å². The molecule has 1 fully saturated rings. The molecule has 10 nitrogen and oxygen atoms in total. The summed E-state index contributed by atoms with van der Waals surface area (Å²) in [5.41, 5.74) is 4.12. The van der Waals surface area contributed by atoms with Gasteiger partial charge in [0.15, 0.2) is 0 Å². The second-order valence-corrected chi connectivity index (χ2v) is 11.4. The van der Waals surface area contributed by atoms with Crippen molar-refractivity contribution in [2.45, 2.75) is 65.3 Å². The Morgan fingerprint density at radius 1 is 1.21 bits per heavy atom. The molecule has 1 aliphatic rings. The average molecular weight is 547 g/mol. The van der Waals surface area contributed by atoms with Crippen LogP contribution in [0.1, 0.15) is 44.9 Å². The Hall–Kier alpha value is -2.86. The summed E-state index contributed by atoms with van der Waals surface area (Å²) in [4.78, 5) is 45.9. The SMILES string of the molecule is Cc1ncsc1-c1ccc(CNC(=O)[C@@H]2C[C@@H](O)CN2C(=O)[C@@H](NC(=O)CCOCCO)C(C)(C)C)cc1. The Kier molecular flexibility index (Phi) is 10.4. The fraction of sp³-hybridized carbons (Fsp3) is 0.556.